The Morgan fingerprint density at radius 3 is 2.16 bits per heavy atom. The molecule has 0 bridgehead atoms. The number of carboxylic acids is 1. The minimum Gasteiger partial charge on any atom is -0.480 e. The summed E-state index contributed by atoms with van der Waals surface area (Å²) in [7, 11) is 0. The van der Waals surface area contributed by atoms with Gasteiger partial charge >= 0.3 is 5.97 Å². The van der Waals surface area contributed by atoms with Gasteiger partial charge in [0, 0.05) is 5.92 Å². The van der Waals surface area contributed by atoms with Crippen molar-refractivity contribution in [1.82, 2.24) is 4.90 Å². The van der Waals surface area contributed by atoms with Crippen LogP contribution in [0.25, 0.3) is 0 Å². The lowest BCUT2D eigenvalue weighted by Gasteiger charge is -2.31. The summed E-state index contributed by atoms with van der Waals surface area (Å²) in [6.07, 6.45) is -2.52. The van der Waals surface area contributed by atoms with Crippen LogP contribution in [-0.4, -0.2) is 50.8 Å². The number of aliphatic hydroxyl groups is 2. The van der Waals surface area contributed by atoms with E-state index >= 15 is 0 Å². The van der Waals surface area contributed by atoms with E-state index in [4.69, 9.17) is 5.11 Å². The van der Waals surface area contributed by atoms with Gasteiger partial charge in [0.2, 0.25) is 0 Å². The Morgan fingerprint density at radius 2 is 1.60 bits per heavy atom. The molecule has 1 aliphatic rings. The Bertz CT molecular complexity index is 749. The van der Waals surface area contributed by atoms with Crippen LogP contribution in [0.5, 0.6) is 0 Å². The first-order valence-electron chi connectivity index (χ1n) is 7.99. The van der Waals surface area contributed by atoms with Gasteiger partial charge < -0.3 is 20.2 Å². The van der Waals surface area contributed by atoms with Crippen LogP contribution in [0, 0.1) is 0 Å². The number of aliphatic carboxylic acids is 1. The second-order valence-electron chi connectivity index (χ2n) is 6.09. The van der Waals surface area contributed by atoms with Crippen LogP contribution in [0.4, 0.5) is 0 Å². The quantitative estimate of drug-likeness (QED) is 0.758. The topological polar surface area (TPSA) is 98.1 Å². The molecule has 130 valence electrons. The third-order valence-electron chi connectivity index (χ3n) is 4.56. The van der Waals surface area contributed by atoms with Crippen LogP contribution in [0.3, 0.4) is 0 Å². The number of hydrogen-bond donors (Lipinski definition) is 3. The van der Waals surface area contributed by atoms with Gasteiger partial charge in [0.25, 0.3) is 5.91 Å². The molecule has 25 heavy (non-hydrogen) atoms. The molecule has 1 saturated heterocycles. The molecule has 0 aromatic heterocycles. The molecule has 4 atom stereocenters. The van der Waals surface area contributed by atoms with E-state index in [0.29, 0.717) is 11.1 Å². The van der Waals surface area contributed by atoms with Gasteiger partial charge in [-0.15, -0.1) is 0 Å². The fraction of sp³-hybridized carbons (Fsp3) is 0.263. The summed E-state index contributed by atoms with van der Waals surface area (Å²) < 4.78 is 0. The average Bonchev–Trinajstić information content (AvgIpc) is 2.87. The number of carboxylic acid groups (broad SMARTS) is 1. The second-order valence-corrected chi connectivity index (χ2v) is 6.09. The van der Waals surface area contributed by atoms with Crippen LogP contribution in [0.15, 0.2) is 60.7 Å². The predicted molar refractivity (Wildman–Crippen MR) is 89.7 cm³/mol. The van der Waals surface area contributed by atoms with Gasteiger partial charge in [-0.1, -0.05) is 60.7 Å². The Hall–Kier alpha value is -2.70. The van der Waals surface area contributed by atoms with Gasteiger partial charge in [0.15, 0.2) is 0 Å². The molecule has 1 fully saturated rings. The molecule has 0 saturated carbocycles. The van der Waals surface area contributed by atoms with Crippen LogP contribution >= 0.6 is 0 Å². The normalized spacial score (nSPS) is 24.3. The van der Waals surface area contributed by atoms with Gasteiger partial charge in [0.1, 0.15) is 18.8 Å². The minimum atomic E-state index is -1.40. The van der Waals surface area contributed by atoms with E-state index in [1.807, 2.05) is 6.07 Å². The molecule has 2 aromatic carbocycles. The SMILES string of the molecule is O=C(O)CN1C(=O)[C@H](O)[C@H](c2ccccc2)[C@@H]1[C@@H](O)c1ccccc1. The van der Waals surface area contributed by atoms with Crippen LogP contribution in [0.2, 0.25) is 0 Å². The smallest absolute Gasteiger partial charge is 0.323 e. The largest absolute Gasteiger partial charge is 0.480 e. The lowest BCUT2D eigenvalue weighted by atomic mass is 9.85. The first-order chi connectivity index (χ1) is 12.0. The standard InChI is InChI=1S/C19H19NO5/c21-14(22)11-20-16(17(23)13-9-5-2-6-10-13)15(18(24)19(20)25)12-7-3-1-4-8-12/h1-10,15-18,23-24H,11H2,(H,21,22)/t15-,16-,17+,18-/m1/s1. The molecular weight excluding hydrogens is 322 g/mol. The number of rotatable bonds is 5. The van der Waals surface area contributed by atoms with Crippen molar-refractivity contribution >= 4 is 11.9 Å². The van der Waals surface area contributed by atoms with E-state index in [1.54, 1.807) is 54.6 Å². The maximum atomic E-state index is 12.5. The summed E-state index contributed by atoms with van der Waals surface area (Å²) in [6, 6.07) is 16.7. The van der Waals surface area contributed by atoms with Crippen molar-refractivity contribution < 1.29 is 24.9 Å². The van der Waals surface area contributed by atoms with Gasteiger partial charge in [-0.3, -0.25) is 9.59 Å². The maximum Gasteiger partial charge on any atom is 0.323 e. The minimum absolute atomic E-state index is 0.561. The Balaban J connectivity index is 2.05. The van der Waals surface area contributed by atoms with Crippen molar-refractivity contribution in [2.75, 3.05) is 6.54 Å². The van der Waals surface area contributed by atoms with Gasteiger partial charge in [-0.05, 0) is 11.1 Å². The monoisotopic (exact) mass is 341 g/mol. The number of likely N-dealkylation sites (tertiary alicyclic amines) is 1. The third kappa shape index (κ3) is 3.26. The number of nitrogens with zero attached hydrogens (tertiary/aromatic N) is 1. The highest BCUT2D eigenvalue weighted by atomic mass is 16.4. The summed E-state index contributed by atoms with van der Waals surface area (Å²) in [5.41, 5.74) is 1.24. The molecule has 1 amide bonds. The average molecular weight is 341 g/mol. The Kier molecular flexibility index (Phi) is 4.83. The highest BCUT2D eigenvalue weighted by Gasteiger charge is 2.51. The second kappa shape index (κ2) is 7.04. The first kappa shape index (κ1) is 17.1. The molecule has 1 heterocycles. The Morgan fingerprint density at radius 1 is 1.04 bits per heavy atom. The fourth-order valence-electron chi connectivity index (χ4n) is 3.45. The molecule has 0 aliphatic carbocycles. The molecule has 3 N–H and O–H groups in total. The molecule has 0 unspecified atom stereocenters. The molecule has 6 heteroatoms. The van der Waals surface area contributed by atoms with Crippen LogP contribution < -0.4 is 0 Å². The van der Waals surface area contributed by atoms with Crippen molar-refractivity contribution in [2.24, 2.45) is 0 Å². The van der Waals surface area contributed by atoms with E-state index in [2.05, 4.69) is 0 Å². The number of carbonyl (C=O) groups excluding carboxylic acids is 1. The summed E-state index contributed by atoms with van der Waals surface area (Å²) in [5.74, 6) is -2.60. The van der Waals surface area contributed by atoms with E-state index in [1.165, 1.54) is 0 Å². The Labute approximate surface area is 145 Å². The van der Waals surface area contributed by atoms with Crippen LogP contribution in [0.1, 0.15) is 23.1 Å². The predicted octanol–water partition coefficient (Wildman–Crippen LogP) is 1.16. The number of benzene rings is 2. The summed E-state index contributed by atoms with van der Waals surface area (Å²) in [6.45, 7) is -0.576. The van der Waals surface area contributed by atoms with Gasteiger partial charge in [-0.2, -0.15) is 0 Å². The highest BCUT2D eigenvalue weighted by Crippen LogP contribution is 2.40. The van der Waals surface area contributed by atoms with E-state index in [0.717, 1.165) is 4.90 Å². The third-order valence-corrected chi connectivity index (χ3v) is 4.56. The number of aliphatic hydroxyl groups excluding tert-OH is 2. The molecule has 3 rings (SSSR count). The number of hydrogen-bond acceptors (Lipinski definition) is 4. The van der Waals surface area contributed by atoms with E-state index in [-0.39, 0.29) is 0 Å². The zero-order valence-electron chi connectivity index (χ0n) is 13.4. The molecule has 0 spiro atoms. The molecule has 2 aromatic rings. The summed E-state index contributed by atoms with van der Waals surface area (Å²) in [5, 5.41) is 30.5. The lowest BCUT2D eigenvalue weighted by molar-refractivity contribution is -0.146. The van der Waals surface area contributed by atoms with E-state index < -0.39 is 42.6 Å². The fourth-order valence-corrected chi connectivity index (χ4v) is 3.45. The highest BCUT2D eigenvalue weighted by molar-refractivity contribution is 5.88. The molecule has 1 aliphatic heterocycles. The van der Waals surface area contributed by atoms with Gasteiger partial charge in [-0.25, -0.2) is 0 Å². The zero-order chi connectivity index (χ0) is 18.0. The van der Waals surface area contributed by atoms with Crippen molar-refractivity contribution in [2.45, 2.75) is 24.2 Å². The van der Waals surface area contributed by atoms with Crippen molar-refractivity contribution in [1.29, 1.82) is 0 Å². The molecular formula is C19H19NO5. The van der Waals surface area contributed by atoms with E-state index in [9.17, 15) is 19.8 Å². The zero-order valence-corrected chi connectivity index (χ0v) is 13.4. The number of amides is 1. The first-order valence-corrected chi connectivity index (χ1v) is 7.99. The molecule has 6 nitrogen and oxygen atoms in total. The van der Waals surface area contributed by atoms with Crippen molar-refractivity contribution in [3.63, 3.8) is 0 Å². The van der Waals surface area contributed by atoms with Gasteiger partial charge in [0.05, 0.1) is 6.04 Å². The number of carbonyl (C=O) groups is 2. The summed E-state index contributed by atoms with van der Waals surface area (Å²) >= 11 is 0. The van der Waals surface area contributed by atoms with Crippen molar-refractivity contribution in [3.05, 3.63) is 71.8 Å². The summed E-state index contributed by atoms with van der Waals surface area (Å²) in [4.78, 5) is 24.7. The lowest BCUT2D eigenvalue weighted by Crippen LogP contribution is -2.42. The van der Waals surface area contributed by atoms with Crippen molar-refractivity contribution in [3.8, 4) is 0 Å². The maximum absolute atomic E-state index is 12.5. The molecule has 0 radical (unpaired) electrons. The van der Waals surface area contributed by atoms with Crippen LogP contribution in [-0.2, 0) is 9.59 Å².